The molecule has 0 saturated carbocycles. The molecular formula is C23H20N6OS. The van der Waals surface area contributed by atoms with Crippen molar-refractivity contribution in [2.75, 3.05) is 12.4 Å². The number of rotatable bonds is 5. The Balaban J connectivity index is 1.49. The zero-order chi connectivity index (χ0) is 21.4. The van der Waals surface area contributed by atoms with Gasteiger partial charge in [0.15, 0.2) is 10.8 Å². The van der Waals surface area contributed by atoms with Crippen LogP contribution in [-0.2, 0) is 0 Å². The molecule has 0 aliphatic heterocycles. The Kier molecular flexibility index (Phi) is 4.83. The van der Waals surface area contributed by atoms with E-state index >= 15 is 0 Å². The van der Waals surface area contributed by atoms with Gasteiger partial charge in [-0.3, -0.25) is 0 Å². The molecule has 0 aliphatic rings. The fourth-order valence-electron chi connectivity index (χ4n) is 3.55. The van der Waals surface area contributed by atoms with Crippen molar-refractivity contribution in [3.63, 3.8) is 0 Å². The minimum atomic E-state index is 0.679. The van der Waals surface area contributed by atoms with Crippen molar-refractivity contribution in [2.45, 2.75) is 13.8 Å². The van der Waals surface area contributed by atoms with Gasteiger partial charge >= 0.3 is 0 Å². The van der Waals surface area contributed by atoms with E-state index in [0.717, 1.165) is 49.3 Å². The van der Waals surface area contributed by atoms with E-state index in [-0.39, 0.29) is 0 Å². The number of methoxy groups -OCH3 is 1. The molecule has 0 spiro atoms. The van der Waals surface area contributed by atoms with Crippen molar-refractivity contribution in [1.82, 2.24) is 24.7 Å². The summed E-state index contributed by atoms with van der Waals surface area (Å²) in [7, 11) is 1.68. The van der Waals surface area contributed by atoms with Crippen molar-refractivity contribution in [3.8, 4) is 22.7 Å². The van der Waals surface area contributed by atoms with Crippen LogP contribution in [0.5, 0.6) is 5.75 Å². The number of aromatic nitrogens is 5. The summed E-state index contributed by atoms with van der Waals surface area (Å²) in [6, 6.07) is 16.0. The Morgan fingerprint density at radius 1 is 1.03 bits per heavy atom. The summed E-state index contributed by atoms with van der Waals surface area (Å²) < 4.78 is 7.18. The first kappa shape index (κ1) is 19.2. The molecule has 154 valence electrons. The first-order chi connectivity index (χ1) is 15.1. The molecule has 0 fully saturated rings. The monoisotopic (exact) mass is 428 g/mol. The Morgan fingerprint density at radius 3 is 2.65 bits per heavy atom. The molecule has 7 nitrogen and oxygen atoms in total. The lowest BCUT2D eigenvalue weighted by atomic mass is 10.1. The third kappa shape index (κ3) is 3.51. The average Bonchev–Trinajstić information content (AvgIpc) is 3.38. The largest absolute Gasteiger partial charge is 0.496 e. The summed E-state index contributed by atoms with van der Waals surface area (Å²) in [5, 5.41) is 9.47. The Labute approximate surface area is 183 Å². The van der Waals surface area contributed by atoms with Crippen molar-refractivity contribution in [1.29, 1.82) is 0 Å². The zero-order valence-electron chi connectivity index (χ0n) is 17.3. The van der Waals surface area contributed by atoms with Gasteiger partial charge in [-0.2, -0.15) is 5.10 Å². The molecule has 0 unspecified atom stereocenters. The minimum absolute atomic E-state index is 0.679. The molecular weight excluding hydrogens is 408 g/mol. The number of nitrogens with one attached hydrogen (secondary N) is 1. The van der Waals surface area contributed by atoms with Gasteiger partial charge in [0, 0.05) is 10.4 Å². The van der Waals surface area contributed by atoms with Crippen LogP contribution in [0.25, 0.3) is 28.0 Å². The Hall–Kier alpha value is -3.78. The van der Waals surface area contributed by atoms with E-state index in [1.54, 1.807) is 35.7 Å². The molecule has 3 heterocycles. The Bertz CT molecular complexity index is 1380. The van der Waals surface area contributed by atoms with Gasteiger partial charge in [-0.1, -0.05) is 18.2 Å². The minimum Gasteiger partial charge on any atom is -0.496 e. The summed E-state index contributed by atoms with van der Waals surface area (Å²) in [4.78, 5) is 14.8. The summed E-state index contributed by atoms with van der Waals surface area (Å²) in [5.74, 6) is 1.55. The van der Waals surface area contributed by atoms with Crippen LogP contribution < -0.4 is 10.1 Å². The number of para-hydroxylation sites is 1. The van der Waals surface area contributed by atoms with E-state index in [1.165, 1.54) is 0 Å². The number of aryl methyl sites for hydroxylation is 2. The molecule has 0 bridgehead atoms. The molecule has 8 heteroatoms. The normalized spacial score (nSPS) is 11.1. The van der Waals surface area contributed by atoms with Gasteiger partial charge in [0.1, 0.15) is 17.9 Å². The molecule has 2 aromatic carbocycles. The van der Waals surface area contributed by atoms with Crippen LogP contribution in [0, 0.1) is 13.8 Å². The highest BCUT2D eigenvalue weighted by atomic mass is 32.1. The predicted molar refractivity (Wildman–Crippen MR) is 124 cm³/mol. The van der Waals surface area contributed by atoms with E-state index < -0.39 is 0 Å². The number of ether oxygens (including phenoxy) is 1. The van der Waals surface area contributed by atoms with Crippen LogP contribution in [0.1, 0.15) is 10.4 Å². The highest BCUT2D eigenvalue weighted by molar-refractivity contribution is 7.16. The SMILES string of the molecule is COc1ccc(-c2nc(Nc3ncnc4c3cnn4-c3ccccc3)sc2C)cc1C. The van der Waals surface area contributed by atoms with E-state index in [2.05, 4.69) is 33.4 Å². The van der Waals surface area contributed by atoms with Gasteiger partial charge < -0.3 is 10.1 Å². The maximum atomic E-state index is 5.37. The second-order valence-electron chi connectivity index (χ2n) is 7.08. The van der Waals surface area contributed by atoms with Crippen LogP contribution >= 0.6 is 11.3 Å². The van der Waals surface area contributed by atoms with Crippen LogP contribution in [0.15, 0.2) is 61.1 Å². The van der Waals surface area contributed by atoms with E-state index in [9.17, 15) is 0 Å². The van der Waals surface area contributed by atoms with E-state index in [1.807, 2.05) is 49.4 Å². The quantitative estimate of drug-likeness (QED) is 0.409. The number of nitrogens with zero attached hydrogens (tertiary/aromatic N) is 5. The molecule has 5 rings (SSSR count). The fraction of sp³-hybridized carbons (Fsp3) is 0.130. The molecule has 0 saturated heterocycles. The fourth-order valence-corrected chi connectivity index (χ4v) is 4.38. The van der Waals surface area contributed by atoms with Gasteiger partial charge in [-0.05, 0) is 49.7 Å². The average molecular weight is 429 g/mol. The van der Waals surface area contributed by atoms with Gasteiger partial charge in [-0.15, -0.1) is 11.3 Å². The van der Waals surface area contributed by atoms with Gasteiger partial charge in [-0.25, -0.2) is 19.6 Å². The van der Waals surface area contributed by atoms with Crippen LogP contribution in [0.4, 0.5) is 10.9 Å². The van der Waals surface area contributed by atoms with Gasteiger partial charge in [0.25, 0.3) is 0 Å². The molecule has 1 N–H and O–H groups in total. The van der Waals surface area contributed by atoms with Crippen molar-refractivity contribution in [2.24, 2.45) is 0 Å². The molecule has 0 radical (unpaired) electrons. The number of benzene rings is 2. The number of fused-ring (bicyclic) bond motifs is 1. The lowest BCUT2D eigenvalue weighted by Gasteiger charge is -2.06. The Morgan fingerprint density at radius 2 is 1.87 bits per heavy atom. The van der Waals surface area contributed by atoms with Crippen molar-refractivity contribution < 1.29 is 4.74 Å². The number of hydrogen-bond donors (Lipinski definition) is 1. The highest BCUT2D eigenvalue weighted by Gasteiger charge is 2.15. The molecule has 0 aliphatic carbocycles. The zero-order valence-corrected chi connectivity index (χ0v) is 18.1. The highest BCUT2D eigenvalue weighted by Crippen LogP contribution is 2.34. The number of hydrogen-bond acceptors (Lipinski definition) is 7. The molecule has 5 aromatic rings. The number of anilines is 2. The summed E-state index contributed by atoms with van der Waals surface area (Å²) in [6.07, 6.45) is 3.32. The lowest BCUT2D eigenvalue weighted by molar-refractivity contribution is 0.412. The predicted octanol–water partition coefficient (Wildman–Crippen LogP) is 5.31. The maximum absolute atomic E-state index is 5.37. The van der Waals surface area contributed by atoms with Crippen LogP contribution in [0.2, 0.25) is 0 Å². The first-order valence-corrected chi connectivity index (χ1v) is 10.6. The lowest BCUT2D eigenvalue weighted by Crippen LogP contribution is -1.99. The van der Waals surface area contributed by atoms with Crippen LogP contribution in [0.3, 0.4) is 0 Å². The molecule has 0 amide bonds. The van der Waals surface area contributed by atoms with Crippen molar-refractivity contribution >= 4 is 33.3 Å². The first-order valence-electron chi connectivity index (χ1n) is 9.77. The second-order valence-corrected chi connectivity index (χ2v) is 8.29. The topological polar surface area (TPSA) is 77.8 Å². The number of thiazole rings is 1. The summed E-state index contributed by atoms with van der Waals surface area (Å²) in [6.45, 7) is 4.10. The summed E-state index contributed by atoms with van der Waals surface area (Å²) in [5.41, 5.74) is 4.77. The van der Waals surface area contributed by atoms with Gasteiger partial charge in [0.05, 0.1) is 30.1 Å². The maximum Gasteiger partial charge on any atom is 0.189 e. The standard InChI is InChI=1S/C23H20N6OS/c1-14-11-16(9-10-19(14)30-3)20-15(2)31-23(27-20)28-21-18-12-26-29(22(18)25-13-24-21)17-7-5-4-6-8-17/h4-13H,1-3H3,(H,24,25,27,28). The third-order valence-corrected chi connectivity index (χ3v) is 5.94. The third-order valence-electron chi connectivity index (χ3n) is 5.06. The molecule has 31 heavy (non-hydrogen) atoms. The molecule has 0 atom stereocenters. The summed E-state index contributed by atoms with van der Waals surface area (Å²) >= 11 is 1.59. The smallest absolute Gasteiger partial charge is 0.189 e. The van der Waals surface area contributed by atoms with Crippen LogP contribution in [-0.4, -0.2) is 31.8 Å². The van der Waals surface area contributed by atoms with E-state index in [4.69, 9.17) is 9.72 Å². The van der Waals surface area contributed by atoms with Gasteiger partial charge in [0.2, 0.25) is 0 Å². The van der Waals surface area contributed by atoms with Crippen molar-refractivity contribution in [3.05, 3.63) is 71.5 Å². The van der Waals surface area contributed by atoms with E-state index in [0.29, 0.717) is 5.82 Å². The molecule has 3 aromatic heterocycles. The second kappa shape index (κ2) is 7.81.